The van der Waals surface area contributed by atoms with E-state index in [2.05, 4.69) is 0 Å². The minimum atomic E-state index is -0.364. The van der Waals surface area contributed by atoms with E-state index in [9.17, 15) is 9.59 Å². The fraction of sp³-hybridized carbons (Fsp3) is 0.182. The van der Waals surface area contributed by atoms with Crippen LogP contribution in [0.4, 0.5) is 0 Å². The zero-order chi connectivity index (χ0) is 20.1. The molecule has 28 heavy (non-hydrogen) atoms. The molecule has 1 heterocycles. The Hall–Kier alpha value is -3.12. The number of ketones is 1. The van der Waals surface area contributed by atoms with Gasteiger partial charge in [-0.1, -0.05) is 12.1 Å². The number of carbonyl (C=O) groups is 2. The van der Waals surface area contributed by atoms with Crippen LogP contribution in [-0.4, -0.2) is 32.6 Å². The fourth-order valence-electron chi connectivity index (χ4n) is 2.72. The molecule has 0 unspecified atom stereocenters. The van der Waals surface area contributed by atoms with Gasteiger partial charge in [0, 0.05) is 4.70 Å². The van der Waals surface area contributed by atoms with Crippen LogP contribution < -0.4 is 9.47 Å². The summed E-state index contributed by atoms with van der Waals surface area (Å²) < 4.78 is 16.5. The third-order valence-corrected chi connectivity index (χ3v) is 5.24. The number of thiophene rings is 1. The molecule has 2 aromatic carbocycles. The summed E-state index contributed by atoms with van der Waals surface area (Å²) in [5.74, 6) is 0.767. The molecule has 0 N–H and O–H groups in total. The highest BCUT2D eigenvalue weighted by Gasteiger charge is 2.12. The summed E-state index contributed by atoms with van der Waals surface area (Å²) in [4.78, 5) is 25.0. The Bertz CT molecular complexity index is 1050. The quantitative estimate of drug-likeness (QED) is 0.320. The first-order chi connectivity index (χ1) is 13.5. The Kier molecular flexibility index (Phi) is 6.11. The van der Waals surface area contributed by atoms with Gasteiger partial charge in [0.1, 0.15) is 0 Å². The first-order valence-electron chi connectivity index (χ1n) is 8.71. The van der Waals surface area contributed by atoms with Crippen molar-refractivity contribution >= 4 is 39.3 Å². The number of hydrogen-bond acceptors (Lipinski definition) is 6. The Morgan fingerprint density at radius 2 is 1.79 bits per heavy atom. The normalized spacial score (nSPS) is 11.0. The van der Waals surface area contributed by atoms with Gasteiger partial charge >= 0.3 is 5.97 Å². The number of rotatable bonds is 7. The van der Waals surface area contributed by atoms with Crippen molar-refractivity contribution in [3.63, 3.8) is 0 Å². The van der Waals surface area contributed by atoms with Gasteiger partial charge in [0.25, 0.3) is 0 Å². The van der Waals surface area contributed by atoms with Gasteiger partial charge in [0.2, 0.25) is 0 Å². The highest BCUT2D eigenvalue weighted by molar-refractivity contribution is 7.21. The lowest BCUT2D eigenvalue weighted by atomic mass is 10.1. The summed E-state index contributed by atoms with van der Waals surface area (Å²) in [5.41, 5.74) is 1.31. The molecule has 0 fully saturated rings. The second-order valence-electron chi connectivity index (χ2n) is 5.90. The average Bonchev–Trinajstić information content (AvgIpc) is 3.15. The molecule has 5 nitrogen and oxygen atoms in total. The van der Waals surface area contributed by atoms with Crippen molar-refractivity contribution < 1.29 is 23.8 Å². The number of methoxy groups -OCH3 is 2. The minimum absolute atomic E-state index is 0.103. The van der Waals surface area contributed by atoms with Crippen molar-refractivity contribution in [3.8, 4) is 11.5 Å². The smallest absolute Gasteiger partial charge is 0.338 e. The zero-order valence-electron chi connectivity index (χ0n) is 15.9. The van der Waals surface area contributed by atoms with Gasteiger partial charge in [0.15, 0.2) is 17.3 Å². The van der Waals surface area contributed by atoms with Crippen LogP contribution in [0.5, 0.6) is 11.5 Å². The molecule has 0 aliphatic heterocycles. The van der Waals surface area contributed by atoms with Crippen LogP contribution in [0.1, 0.15) is 32.5 Å². The molecule has 0 saturated carbocycles. The molecular weight excluding hydrogens is 376 g/mol. The first kappa shape index (κ1) is 19.6. The summed E-state index contributed by atoms with van der Waals surface area (Å²) in [6.45, 7) is 2.09. The molecule has 6 heteroatoms. The van der Waals surface area contributed by atoms with Gasteiger partial charge in [-0.05, 0) is 60.3 Å². The number of allylic oxidation sites excluding steroid dienone is 1. The van der Waals surface area contributed by atoms with Crippen molar-refractivity contribution in [2.45, 2.75) is 6.92 Å². The van der Waals surface area contributed by atoms with Crippen molar-refractivity contribution in [1.29, 1.82) is 0 Å². The van der Waals surface area contributed by atoms with Gasteiger partial charge in [0.05, 0.1) is 31.3 Å². The van der Waals surface area contributed by atoms with Gasteiger partial charge in [-0.25, -0.2) is 4.79 Å². The lowest BCUT2D eigenvalue weighted by Gasteiger charge is -2.07. The van der Waals surface area contributed by atoms with E-state index in [-0.39, 0.29) is 11.8 Å². The number of fused-ring (bicyclic) bond motifs is 1. The summed E-state index contributed by atoms with van der Waals surface area (Å²) in [5, 5.41) is 0.846. The predicted molar refractivity (Wildman–Crippen MR) is 111 cm³/mol. The second-order valence-corrected chi connectivity index (χ2v) is 6.98. The minimum Gasteiger partial charge on any atom is -0.493 e. The van der Waals surface area contributed by atoms with Crippen LogP contribution in [-0.2, 0) is 4.74 Å². The fourth-order valence-corrected chi connectivity index (χ4v) is 3.68. The van der Waals surface area contributed by atoms with Crippen molar-refractivity contribution in [2.75, 3.05) is 20.8 Å². The highest BCUT2D eigenvalue weighted by Crippen LogP contribution is 2.29. The molecule has 0 saturated heterocycles. The highest BCUT2D eigenvalue weighted by atomic mass is 32.1. The molecule has 0 spiro atoms. The Morgan fingerprint density at radius 1 is 1.00 bits per heavy atom. The number of hydrogen-bond donors (Lipinski definition) is 0. The maximum absolute atomic E-state index is 12.6. The SMILES string of the molecule is CCOC(=O)c1ccc2sc(C(=O)/C=C/c3ccc(OC)c(OC)c3)cc2c1. The Balaban J connectivity index is 1.81. The van der Waals surface area contributed by atoms with Crippen LogP contribution in [0.25, 0.3) is 16.2 Å². The summed E-state index contributed by atoms with van der Waals surface area (Å²) in [6.07, 6.45) is 3.26. The van der Waals surface area contributed by atoms with Crippen molar-refractivity contribution in [1.82, 2.24) is 0 Å². The van der Waals surface area contributed by atoms with Crippen LogP contribution in [0.3, 0.4) is 0 Å². The second kappa shape index (κ2) is 8.71. The monoisotopic (exact) mass is 396 g/mol. The van der Waals surface area contributed by atoms with E-state index in [4.69, 9.17) is 14.2 Å². The Morgan fingerprint density at radius 3 is 2.50 bits per heavy atom. The van der Waals surface area contributed by atoms with Gasteiger partial charge in [-0.3, -0.25) is 4.79 Å². The zero-order valence-corrected chi connectivity index (χ0v) is 16.7. The van der Waals surface area contributed by atoms with Crippen LogP contribution in [0, 0.1) is 0 Å². The topological polar surface area (TPSA) is 61.8 Å². The van der Waals surface area contributed by atoms with E-state index in [1.165, 1.54) is 17.4 Å². The van der Waals surface area contributed by atoms with Gasteiger partial charge < -0.3 is 14.2 Å². The van der Waals surface area contributed by atoms with Gasteiger partial charge in [-0.15, -0.1) is 11.3 Å². The number of esters is 1. The maximum Gasteiger partial charge on any atom is 0.338 e. The number of carbonyl (C=O) groups excluding carboxylic acids is 2. The molecule has 3 rings (SSSR count). The average molecular weight is 396 g/mol. The van der Waals surface area contributed by atoms with Crippen LogP contribution in [0.15, 0.2) is 48.5 Å². The molecule has 0 atom stereocenters. The molecule has 0 aliphatic carbocycles. The van der Waals surface area contributed by atoms with E-state index in [0.717, 1.165) is 15.6 Å². The lowest BCUT2D eigenvalue weighted by Crippen LogP contribution is -2.03. The largest absolute Gasteiger partial charge is 0.493 e. The summed E-state index contributed by atoms with van der Waals surface area (Å²) >= 11 is 1.39. The van der Waals surface area contributed by atoms with E-state index < -0.39 is 0 Å². The third-order valence-electron chi connectivity index (χ3n) is 4.11. The van der Waals surface area contributed by atoms with Crippen LogP contribution in [0.2, 0.25) is 0 Å². The van der Waals surface area contributed by atoms with E-state index in [1.807, 2.05) is 12.1 Å². The molecule has 3 aromatic rings. The molecule has 144 valence electrons. The van der Waals surface area contributed by atoms with Crippen molar-refractivity contribution in [2.24, 2.45) is 0 Å². The van der Waals surface area contributed by atoms with Crippen molar-refractivity contribution in [3.05, 3.63) is 64.5 Å². The number of benzene rings is 2. The van der Waals surface area contributed by atoms with Gasteiger partial charge in [-0.2, -0.15) is 0 Å². The molecular formula is C22H20O5S. The maximum atomic E-state index is 12.6. The first-order valence-corrected chi connectivity index (χ1v) is 9.52. The molecule has 0 amide bonds. The van der Waals surface area contributed by atoms with E-state index in [1.54, 1.807) is 57.6 Å². The molecule has 0 bridgehead atoms. The summed E-state index contributed by atoms with van der Waals surface area (Å²) in [6, 6.07) is 12.5. The molecule has 1 aromatic heterocycles. The predicted octanol–water partition coefficient (Wildman–Crippen LogP) is 4.99. The standard InChI is InChI=1S/C22H20O5S/c1-4-27-22(24)15-7-10-20-16(12-15)13-21(28-20)17(23)8-5-14-6-9-18(25-2)19(11-14)26-3/h5-13H,4H2,1-3H3/b8-5+. The third kappa shape index (κ3) is 4.23. The lowest BCUT2D eigenvalue weighted by molar-refractivity contribution is 0.0526. The number of ether oxygens (including phenoxy) is 3. The van der Waals surface area contributed by atoms with E-state index >= 15 is 0 Å². The van der Waals surface area contributed by atoms with Crippen LogP contribution >= 0.6 is 11.3 Å². The van der Waals surface area contributed by atoms with E-state index in [0.29, 0.717) is 28.5 Å². The Labute approximate surface area is 167 Å². The molecule has 0 aliphatic rings. The summed E-state index contributed by atoms with van der Waals surface area (Å²) in [7, 11) is 3.14. The molecule has 0 radical (unpaired) electrons.